The molecule has 7 heteroatoms. The summed E-state index contributed by atoms with van der Waals surface area (Å²) in [4.78, 5) is 16.3. The van der Waals surface area contributed by atoms with Gasteiger partial charge in [0.05, 0.1) is 12.1 Å². The number of carbonyl (C=O) groups excluding carboxylic acids is 1. The summed E-state index contributed by atoms with van der Waals surface area (Å²) >= 11 is 0. The Labute approximate surface area is 130 Å². The van der Waals surface area contributed by atoms with Crippen LogP contribution in [0.15, 0.2) is 4.52 Å². The molecule has 6 nitrogen and oxygen atoms in total. The van der Waals surface area contributed by atoms with Gasteiger partial charge in [0.1, 0.15) is 0 Å². The van der Waals surface area contributed by atoms with Crippen LogP contribution in [0.5, 0.6) is 0 Å². The molecule has 0 spiro atoms. The van der Waals surface area contributed by atoms with Gasteiger partial charge in [-0.25, -0.2) is 0 Å². The van der Waals surface area contributed by atoms with E-state index in [-0.39, 0.29) is 24.2 Å². The normalized spacial score (nSPS) is 21.2. The summed E-state index contributed by atoms with van der Waals surface area (Å²) in [6, 6.07) is 0. The molecule has 1 aromatic rings. The molecule has 0 unspecified atom stereocenters. The van der Waals surface area contributed by atoms with Gasteiger partial charge < -0.3 is 15.6 Å². The maximum atomic E-state index is 12.0. The standard InChI is InChI=1S/C14H22N4O2.ClH/c15-14(7-4-8-14)13-17-11(20-18-13)9-16-12(19)10-5-2-1-3-6-10;/h10H,1-9,15H2,(H,16,19);1H. The molecule has 2 saturated carbocycles. The van der Waals surface area contributed by atoms with Crippen molar-refractivity contribution >= 4 is 18.3 Å². The molecule has 2 fully saturated rings. The van der Waals surface area contributed by atoms with E-state index in [0.717, 1.165) is 44.9 Å². The number of hydrogen-bond acceptors (Lipinski definition) is 5. The van der Waals surface area contributed by atoms with E-state index >= 15 is 0 Å². The first-order chi connectivity index (χ1) is 9.67. The minimum atomic E-state index is -0.408. The fourth-order valence-electron chi connectivity index (χ4n) is 2.98. The molecule has 3 N–H and O–H groups in total. The third-order valence-electron chi connectivity index (χ3n) is 4.55. The number of carbonyl (C=O) groups is 1. The molecule has 3 rings (SSSR count). The average Bonchev–Trinajstić information content (AvgIpc) is 2.92. The number of amides is 1. The highest BCUT2D eigenvalue weighted by Crippen LogP contribution is 2.36. The van der Waals surface area contributed by atoms with E-state index in [1.165, 1.54) is 6.42 Å². The monoisotopic (exact) mass is 314 g/mol. The van der Waals surface area contributed by atoms with Crippen molar-refractivity contribution in [3.8, 4) is 0 Å². The Balaban J connectivity index is 0.00000161. The van der Waals surface area contributed by atoms with Crippen molar-refractivity contribution < 1.29 is 9.32 Å². The van der Waals surface area contributed by atoms with E-state index in [4.69, 9.17) is 10.3 Å². The van der Waals surface area contributed by atoms with E-state index in [9.17, 15) is 4.79 Å². The molecule has 0 radical (unpaired) electrons. The Bertz CT molecular complexity index is 481. The Morgan fingerprint density at radius 3 is 2.62 bits per heavy atom. The maximum Gasteiger partial charge on any atom is 0.246 e. The number of hydrogen-bond donors (Lipinski definition) is 2. The Morgan fingerprint density at radius 1 is 1.29 bits per heavy atom. The van der Waals surface area contributed by atoms with Crippen molar-refractivity contribution in [3.05, 3.63) is 11.7 Å². The zero-order valence-electron chi connectivity index (χ0n) is 12.1. The van der Waals surface area contributed by atoms with Crippen molar-refractivity contribution in [2.24, 2.45) is 11.7 Å². The van der Waals surface area contributed by atoms with Gasteiger partial charge in [-0.15, -0.1) is 12.4 Å². The van der Waals surface area contributed by atoms with Crippen molar-refractivity contribution in [1.29, 1.82) is 0 Å². The van der Waals surface area contributed by atoms with E-state index in [0.29, 0.717) is 18.3 Å². The second-order valence-corrected chi connectivity index (χ2v) is 6.07. The first-order valence-corrected chi connectivity index (χ1v) is 7.57. The Hall–Kier alpha value is -1.14. The zero-order valence-corrected chi connectivity index (χ0v) is 13.0. The molecule has 2 aliphatic carbocycles. The molecule has 1 amide bonds. The first kappa shape index (κ1) is 16.2. The largest absolute Gasteiger partial charge is 0.347 e. The Morgan fingerprint density at radius 2 is 2.00 bits per heavy atom. The molecule has 0 atom stereocenters. The molecule has 21 heavy (non-hydrogen) atoms. The molecule has 0 aliphatic heterocycles. The smallest absolute Gasteiger partial charge is 0.246 e. The van der Waals surface area contributed by atoms with Crippen LogP contribution >= 0.6 is 12.4 Å². The van der Waals surface area contributed by atoms with Crippen LogP contribution in [0.2, 0.25) is 0 Å². The topological polar surface area (TPSA) is 94.0 Å². The second-order valence-electron chi connectivity index (χ2n) is 6.07. The van der Waals surface area contributed by atoms with Crippen molar-refractivity contribution in [1.82, 2.24) is 15.5 Å². The highest BCUT2D eigenvalue weighted by molar-refractivity contribution is 5.85. The zero-order chi connectivity index (χ0) is 14.0. The van der Waals surface area contributed by atoms with Gasteiger partial charge in [0.15, 0.2) is 5.82 Å². The number of aromatic nitrogens is 2. The maximum absolute atomic E-state index is 12.0. The van der Waals surface area contributed by atoms with Crippen LogP contribution in [0.4, 0.5) is 0 Å². The van der Waals surface area contributed by atoms with Gasteiger partial charge in [-0.1, -0.05) is 24.4 Å². The van der Waals surface area contributed by atoms with Gasteiger partial charge in [0.2, 0.25) is 11.8 Å². The van der Waals surface area contributed by atoms with E-state index in [2.05, 4.69) is 15.5 Å². The summed E-state index contributed by atoms with van der Waals surface area (Å²) in [7, 11) is 0. The molecule has 118 valence electrons. The molecule has 0 bridgehead atoms. The number of nitrogens with two attached hydrogens (primary N) is 1. The van der Waals surface area contributed by atoms with Crippen LogP contribution in [0, 0.1) is 5.92 Å². The molecule has 0 aromatic carbocycles. The molecule has 0 saturated heterocycles. The summed E-state index contributed by atoms with van der Waals surface area (Å²) in [5.74, 6) is 1.28. The predicted octanol–water partition coefficient (Wildman–Crippen LogP) is 2.03. The van der Waals surface area contributed by atoms with Gasteiger partial charge in [-0.05, 0) is 32.1 Å². The summed E-state index contributed by atoms with van der Waals surface area (Å²) in [6.07, 6.45) is 8.45. The van der Waals surface area contributed by atoms with Crippen molar-refractivity contribution in [2.75, 3.05) is 0 Å². The average molecular weight is 315 g/mol. The van der Waals surface area contributed by atoms with Gasteiger partial charge >= 0.3 is 0 Å². The van der Waals surface area contributed by atoms with Gasteiger partial charge in [-0.3, -0.25) is 4.79 Å². The van der Waals surface area contributed by atoms with Crippen LogP contribution in [-0.2, 0) is 16.9 Å². The van der Waals surface area contributed by atoms with Crippen LogP contribution in [0.25, 0.3) is 0 Å². The Kier molecular flexibility index (Phi) is 5.22. The highest BCUT2D eigenvalue weighted by atomic mass is 35.5. The quantitative estimate of drug-likeness (QED) is 0.886. The van der Waals surface area contributed by atoms with E-state index in [1.54, 1.807) is 0 Å². The molecular weight excluding hydrogens is 292 g/mol. The highest BCUT2D eigenvalue weighted by Gasteiger charge is 2.39. The number of nitrogens with zero attached hydrogens (tertiary/aromatic N) is 2. The number of halogens is 1. The minimum Gasteiger partial charge on any atom is -0.347 e. The molecule has 1 aromatic heterocycles. The van der Waals surface area contributed by atoms with Crippen LogP contribution in [0.1, 0.15) is 63.1 Å². The lowest BCUT2D eigenvalue weighted by atomic mass is 9.77. The van der Waals surface area contributed by atoms with Crippen LogP contribution in [-0.4, -0.2) is 16.0 Å². The second kappa shape index (κ2) is 6.75. The van der Waals surface area contributed by atoms with Crippen molar-refractivity contribution in [2.45, 2.75) is 63.5 Å². The summed E-state index contributed by atoms with van der Waals surface area (Å²) in [5.41, 5.74) is 5.73. The van der Waals surface area contributed by atoms with Crippen LogP contribution < -0.4 is 11.1 Å². The first-order valence-electron chi connectivity index (χ1n) is 7.57. The number of rotatable bonds is 4. The van der Waals surface area contributed by atoms with Crippen molar-refractivity contribution in [3.63, 3.8) is 0 Å². The molecular formula is C14H23ClN4O2. The summed E-state index contributed by atoms with van der Waals surface area (Å²) in [5, 5.41) is 6.83. The van der Waals surface area contributed by atoms with Gasteiger partial charge in [-0.2, -0.15) is 4.98 Å². The fourth-order valence-corrected chi connectivity index (χ4v) is 2.98. The molecule has 2 aliphatic rings. The third-order valence-corrected chi connectivity index (χ3v) is 4.55. The number of nitrogens with one attached hydrogen (secondary N) is 1. The van der Waals surface area contributed by atoms with Gasteiger partial charge in [0.25, 0.3) is 0 Å². The summed E-state index contributed by atoms with van der Waals surface area (Å²) in [6.45, 7) is 0.304. The fraction of sp³-hybridized carbons (Fsp3) is 0.786. The lowest BCUT2D eigenvalue weighted by Crippen LogP contribution is -2.44. The lowest BCUT2D eigenvalue weighted by Gasteiger charge is -2.34. The van der Waals surface area contributed by atoms with E-state index in [1.807, 2.05) is 0 Å². The SMILES string of the molecule is Cl.NC1(c2noc(CNC(=O)C3CCCCC3)n2)CCC1. The minimum absolute atomic E-state index is 0. The van der Waals surface area contributed by atoms with Crippen LogP contribution in [0.3, 0.4) is 0 Å². The van der Waals surface area contributed by atoms with Gasteiger partial charge in [0, 0.05) is 5.92 Å². The predicted molar refractivity (Wildman–Crippen MR) is 79.7 cm³/mol. The third kappa shape index (κ3) is 3.55. The van der Waals surface area contributed by atoms with E-state index < -0.39 is 5.54 Å². The molecule has 1 heterocycles. The lowest BCUT2D eigenvalue weighted by molar-refractivity contribution is -0.126. The summed E-state index contributed by atoms with van der Waals surface area (Å²) < 4.78 is 5.17.